The molecule has 0 heterocycles. The maximum Gasteiger partial charge on any atom is 0.125 e. The number of anilines is 2. The largest absolute Gasteiger partial charge is 0.397 e. The second kappa shape index (κ2) is 5.16. The summed E-state index contributed by atoms with van der Waals surface area (Å²) < 4.78 is 13.0. The van der Waals surface area contributed by atoms with Crippen molar-refractivity contribution < 1.29 is 9.50 Å². The van der Waals surface area contributed by atoms with Crippen LogP contribution in [0.3, 0.4) is 0 Å². The number of rotatable bonds is 5. The first-order valence-corrected chi connectivity index (χ1v) is 5.52. The molecule has 3 nitrogen and oxygen atoms in total. The molecule has 0 atom stereocenters. The first-order chi connectivity index (χ1) is 7.50. The van der Waals surface area contributed by atoms with Crippen molar-refractivity contribution in [2.45, 2.75) is 32.3 Å². The van der Waals surface area contributed by atoms with E-state index >= 15 is 0 Å². The zero-order chi connectivity index (χ0) is 12.2. The van der Waals surface area contributed by atoms with Crippen LogP contribution >= 0.6 is 0 Å². The van der Waals surface area contributed by atoms with Gasteiger partial charge < -0.3 is 16.2 Å². The third-order valence-corrected chi connectivity index (χ3v) is 2.94. The van der Waals surface area contributed by atoms with Crippen LogP contribution in [0.15, 0.2) is 18.2 Å². The molecule has 4 heteroatoms. The Hall–Kier alpha value is -1.29. The second-order valence-corrected chi connectivity index (χ2v) is 4.02. The maximum absolute atomic E-state index is 13.0. The topological polar surface area (TPSA) is 58.3 Å². The SMILES string of the molecule is CCC(O)(CC)CNc1cc(F)ccc1N. The molecule has 1 aromatic rings. The Kier molecular flexibility index (Phi) is 4.12. The highest BCUT2D eigenvalue weighted by Crippen LogP contribution is 2.22. The fraction of sp³-hybridized carbons (Fsp3) is 0.500. The first-order valence-electron chi connectivity index (χ1n) is 5.52. The molecule has 0 unspecified atom stereocenters. The number of benzene rings is 1. The molecular formula is C12H19FN2O. The van der Waals surface area contributed by atoms with Crippen LogP contribution in [0.25, 0.3) is 0 Å². The normalized spacial score (nSPS) is 11.5. The van der Waals surface area contributed by atoms with Crippen LogP contribution in [0.2, 0.25) is 0 Å². The van der Waals surface area contributed by atoms with Gasteiger partial charge in [-0.05, 0) is 31.0 Å². The van der Waals surface area contributed by atoms with E-state index in [0.717, 1.165) is 0 Å². The van der Waals surface area contributed by atoms with Crippen LogP contribution < -0.4 is 11.1 Å². The van der Waals surface area contributed by atoms with E-state index in [9.17, 15) is 9.50 Å². The molecule has 0 amide bonds. The van der Waals surface area contributed by atoms with E-state index in [1.165, 1.54) is 18.2 Å². The van der Waals surface area contributed by atoms with E-state index < -0.39 is 5.60 Å². The number of aliphatic hydroxyl groups is 1. The molecule has 0 aliphatic rings. The molecule has 90 valence electrons. The minimum atomic E-state index is -0.765. The summed E-state index contributed by atoms with van der Waals surface area (Å²) in [6, 6.07) is 4.15. The number of halogens is 1. The van der Waals surface area contributed by atoms with Gasteiger partial charge in [-0.1, -0.05) is 13.8 Å². The predicted molar refractivity (Wildman–Crippen MR) is 64.8 cm³/mol. The van der Waals surface area contributed by atoms with Crippen LogP contribution in [0, 0.1) is 5.82 Å². The van der Waals surface area contributed by atoms with Crippen molar-refractivity contribution in [2.24, 2.45) is 0 Å². The summed E-state index contributed by atoms with van der Waals surface area (Å²) in [6.07, 6.45) is 1.29. The fourth-order valence-corrected chi connectivity index (χ4v) is 1.44. The van der Waals surface area contributed by atoms with E-state index in [1.807, 2.05) is 13.8 Å². The Labute approximate surface area is 95.5 Å². The lowest BCUT2D eigenvalue weighted by molar-refractivity contribution is 0.0457. The maximum atomic E-state index is 13.0. The molecule has 4 N–H and O–H groups in total. The minimum Gasteiger partial charge on any atom is -0.397 e. The highest BCUT2D eigenvalue weighted by Gasteiger charge is 2.21. The Morgan fingerprint density at radius 1 is 1.38 bits per heavy atom. The van der Waals surface area contributed by atoms with Crippen molar-refractivity contribution in [1.82, 2.24) is 0 Å². The van der Waals surface area contributed by atoms with Crippen molar-refractivity contribution in [1.29, 1.82) is 0 Å². The molecule has 0 bridgehead atoms. The van der Waals surface area contributed by atoms with Gasteiger partial charge in [0.05, 0.1) is 17.0 Å². The summed E-state index contributed by atoms with van der Waals surface area (Å²) in [6.45, 7) is 4.20. The monoisotopic (exact) mass is 226 g/mol. The number of nitrogen functional groups attached to an aromatic ring is 1. The lowest BCUT2D eigenvalue weighted by atomic mass is 9.97. The van der Waals surface area contributed by atoms with Crippen molar-refractivity contribution >= 4 is 11.4 Å². The van der Waals surface area contributed by atoms with E-state index in [2.05, 4.69) is 5.32 Å². The molecule has 0 aliphatic carbocycles. The van der Waals surface area contributed by atoms with Crippen molar-refractivity contribution in [2.75, 3.05) is 17.6 Å². The van der Waals surface area contributed by atoms with E-state index in [-0.39, 0.29) is 5.82 Å². The average Bonchev–Trinajstić information content (AvgIpc) is 2.30. The molecule has 0 aliphatic heterocycles. The van der Waals surface area contributed by atoms with Crippen LogP contribution in [0.1, 0.15) is 26.7 Å². The summed E-state index contributed by atoms with van der Waals surface area (Å²) >= 11 is 0. The molecule has 16 heavy (non-hydrogen) atoms. The van der Waals surface area contributed by atoms with Gasteiger partial charge in [-0.25, -0.2) is 4.39 Å². The van der Waals surface area contributed by atoms with E-state index in [1.54, 1.807) is 0 Å². The third kappa shape index (κ3) is 3.10. The van der Waals surface area contributed by atoms with Gasteiger partial charge in [0.1, 0.15) is 5.82 Å². The Bertz CT molecular complexity index is 351. The highest BCUT2D eigenvalue weighted by atomic mass is 19.1. The molecule has 0 saturated carbocycles. The highest BCUT2D eigenvalue weighted by molar-refractivity contribution is 5.65. The zero-order valence-corrected chi connectivity index (χ0v) is 9.76. The lowest BCUT2D eigenvalue weighted by Crippen LogP contribution is -2.35. The number of hydrogen-bond donors (Lipinski definition) is 3. The third-order valence-electron chi connectivity index (χ3n) is 2.94. The number of nitrogens with two attached hydrogens (primary N) is 1. The van der Waals surface area contributed by atoms with Gasteiger partial charge in [0.15, 0.2) is 0 Å². The molecule has 1 rings (SSSR count). The average molecular weight is 226 g/mol. The summed E-state index contributed by atoms with van der Waals surface area (Å²) in [5, 5.41) is 13.0. The predicted octanol–water partition coefficient (Wildman–Crippen LogP) is 2.37. The van der Waals surface area contributed by atoms with Crippen molar-refractivity contribution in [3.8, 4) is 0 Å². The van der Waals surface area contributed by atoms with Crippen LogP contribution in [-0.4, -0.2) is 17.3 Å². The number of hydrogen-bond acceptors (Lipinski definition) is 3. The summed E-state index contributed by atoms with van der Waals surface area (Å²) in [5.41, 5.74) is 5.94. The molecule has 0 aromatic heterocycles. The van der Waals surface area contributed by atoms with Crippen LogP contribution in [-0.2, 0) is 0 Å². The quantitative estimate of drug-likeness (QED) is 0.675. The smallest absolute Gasteiger partial charge is 0.125 e. The van der Waals surface area contributed by atoms with E-state index in [4.69, 9.17) is 5.73 Å². The second-order valence-electron chi connectivity index (χ2n) is 4.02. The van der Waals surface area contributed by atoms with Gasteiger partial charge in [-0.2, -0.15) is 0 Å². The lowest BCUT2D eigenvalue weighted by Gasteiger charge is -2.26. The van der Waals surface area contributed by atoms with Crippen molar-refractivity contribution in [3.63, 3.8) is 0 Å². The van der Waals surface area contributed by atoms with Gasteiger partial charge in [0, 0.05) is 6.54 Å². The minimum absolute atomic E-state index is 0.340. The molecular weight excluding hydrogens is 207 g/mol. The summed E-state index contributed by atoms with van der Waals surface area (Å²) in [7, 11) is 0. The van der Waals surface area contributed by atoms with Crippen LogP contribution in [0.5, 0.6) is 0 Å². The standard InChI is InChI=1S/C12H19FN2O/c1-3-12(16,4-2)8-15-11-7-9(13)5-6-10(11)14/h5-7,15-16H,3-4,8,14H2,1-2H3. The zero-order valence-electron chi connectivity index (χ0n) is 9.76. The number of nitrogens with one attached hydrogen (secondary N) is 1. The van der Waals surface area contributed by atoms with Gasteiger partial charge in [0.2, 0.25) is 0 Å². The van der Waals surface area contributed by atoms with Crippen LogP contribution in [0.4, 0.5) is 15.8 Å². The fourth-order valence-electron chi connectivity index (χ4n) is 1.44. The molecule has 0 fully saturated rings. The van der Waals surface area contributed by atoms with Crippen molar-refractivity contribution in [3.05, 3.63) is 24.0 Å². The summed E-state index contributed by atoms with van der Waals surface area (Å²) in [4.78, 5) is 0. The molecule has 0 saturated heterocycles. The molecule has 0 spiro atoms. The van der Waals surface area contributed by atoms with Gasteiger partial charge in [0.25, 0.3) is 0 Å². The first kappa shape index (κ1) is 12.8. The Morgan fingerprint density at radius 3 is 2.56 bits per heavy atom. The van der Waals surface area contributed by atoms with Gasteiger partial charge >= 0.3 is 0 Å². The molecule has 0 radical (unpaired) electrons. The van der Waals surface area contributed by atoms with Gasteiger partial charge in [-0.3, -0.25) is 0 Å². The Balaban J connectivity index is 2.70. The van der Waals surface area contributed by atoms with E-state index in [0.29, 0.717) is 30.8 Å². The molecule has 1 aromatic carbocycles. The van der Waals surface area contributed by atoms with Gasteiger partial charge in [-0.15, -0.1) is 0 Å². The Morgan fingerprint density at radius 2 is 2.00 bits per heavy atom. The summed E-state index contributed by atoms with van der Waals surface area (Å²) in [5.74, 6) is -0.340.